The second-order valence-corrected chi connectivity index (χ2v) is 5.18. The lowest BCUT2D eigenvalue weighted by Gasteiger charge is -2.21. The van der Waals surface area contributed by atoms with Crippen molar-refractivity contribution in [1.29, 1.82) is 5.26 Å². The van der Waals surface area contributed by atoms with Crippen molar-refractivity contribution in [2.75, 3.05) is 11.9 Å². The molecule has 1 aromatic heterocycles. The Hall–Kier alpha value is -2.19. The smallest absolute Gasteiger partial charge is 0.186 e. The Morgan fingerprint density at radius 3 is 2.95 bits per heavy atom. The van der Waals surface area contributed by atoms with Crippen LogP contribution in [0, 0.1) is 17.2 Å². The van der Waals surface area contributed by atoms with Gasteiger partial charge in [-0.2, -0.15) is 5.26 Å². The Morgan fingerprint density at radius 2 is 2.15 bits per heavy atom. The number of fused-ring (bicyclic) bond motifs is 1. The Bertz CT molecular complexity index is 664. The number of aliphatic hydroxyl groups excluding tert-OH is 1. The molecule has 0 saturated heterocycles. The first-order chi connectivity index (χ1) is 9.83. The van der Waals surface area contributed by atoms with Crippen molar-refractivity contribution in [3.8, 4) is 6.07 Å². The maximum atomic E-state index is 9.42. The predicted molar refractivity (Wildman–Crippen MR) is 76.1 cm³/mol. The second kappa shape index (κ2) is 5.43. The van der Waals surface area contributed by atoms with Gasteiger partial charge in [-0.25, -0.2) is 0 Å². The molecule has 2 atom stereocenters. The van der Waals surface area contributed by atoms with Crippen LogP contribution in [0.2, 0.25) is 0 Å². The molecule has 5 heteroatoms. The number of aliphatic hydroxyl groups is 1. The highest BCUT2D eigenvalue weighted by Gasteiger charge is 2.27. The molecule has 0 bridgehead atoms. The van der Waals surface area contributed by atoms with Crippen molar-refractivity contribution >= 4 is 16.6 Å². The monoisotopic (exact) mass is 268 g/mol. The van der Waals surface area contributed by atoms with Crippen LogP contribution in [0.5, 0.6) is 0 Å². The minimum atomic E-state index is 0.177. The fraction of sp³-hybridized carbons (Fsp3) is 0.400. The van der Waals surface area contributed by atoms with E-state index in [2.05, 4.69) is 21.6 Å². The van der Waals surface area contributed by atoms with Gasteiger partial charge in [0.05, 0.1) is 11.2 Å². The van der Waals surface area contributed by atoms with Crippen LogP contribution in [0.4, 0.5) is 5.69 Å². The van der Waals surface area contributed by atoms with Crippen LogP contribution in [0.15, 0.2) is 24.3 Å². The van der Waals surface area contributed by atoms with Crippen molar-refractivity contribution in [2.24, 2.45) is 5.92 Å². The van der Waals surface area contributed by atoms with Gasteiger partial charge in [0.2, 0.25) is 0 Å². The topological polar surface area (TPSA) is 81.8 Å². The minimum absolute atomic E-state index is 0.177. The van der Waals surface area contributed by atoms with Crippen molar-refractivity contribution in [3.63, 3.8) is 0 Å². The van der Waals surface area contributed by atoms with E-state index < -0.39 is 0 Å². The molecule has 2 N–H and O–H groups in total. The average Bonchev–Trinajstić information content (AvgIpc) is 2.95. The molecule has 1 fully saturated rings. The van der Waals surface area contributed by atoms with Gasteiger partial charge < -0.3 is 10.4 Å². The van der Waals surface area contributed by atoms with Gasteiger partial charge in [0.15, 0.2) is 5.69 Å². The van der Waals surface area contributed by atoms with Crippen LogP contribution in [0.25, 0.3) is 10.9 Å². The van der Waals surface area contributed by atoms with E-state index in [1.165, 1.54) is 0 Å². The fourth-order valence-electron chi connectivity index (χ4n) is 2.91. The van der Waals surface area contributed by atoms with E-state index in [-0.39, 0.29) is 18.6 Å². The zero-order valence-electron chi connectivity index (χ0n) is 11.1. The van der Waals surface area contributed by atoms with Crippen LogP contribution in [-0.2, 0) is 0 Å². The number of aromatic nitrogens is 2. The standard InChI is InChI=1S/C15H16N4O/c16-8-14-15(17-12-7-3-4-10(12)9-20)11-5-1-2-6-13(11)18-19-14/h1-2,5-6,10,12,20H,3-4,7,9H2,(H,17,18). The van der Waals surface area contributed by atoms with Gasteiger partial charge in [0.25, 0.3) is 0 Å². The Balaban J connectivity index is 2.03. The van der Waals surface area contributed by atoms with Gasteiger partial charge in [-0.05, 0) is 18.9 Å². The van der Waals surface area contributed by atoms with Crippen molar-refractivity contribution in [3.05, 3.63) is 30.0 Å². The number of benzene rings is 1. The molecule has 3 rings (SSSR count). The molecule has 102 valence electrons. The first-order valence-corrected chi connectivity index (χ1v) is 6.86. The number of rotatable bonds is 3. The van der Waals surface area contributed by atoms with E-state index in [1.54, 1.807) is 0 Å². The summed E-state index contributed by atoms with van der Waals surface area (Å²) < 4.78 is 0. The summed E-state index contributed by atoms with van der Waals surface area (Å²) in [5.41, 5.74) is 1.82. The second-order valence-electron chi connectivity index (χ2n) is 5.18. The van der Waals surface area contributed by atoms with Crippen LogP contribution >= 0.6 is 0 Å². The van der Waals surface area contributed by atoms with Crippen LogP contribution < -0.4 is 5.32 Å². The van der Waals surface area contributed by atoms with E-state index in [9.17, 15) is 10.4 Å². The average molecular weight is 268 g/mol. The van der Waals surface area contributed by atoms with Gasteiger partial charge in [-0.3, -0.25) is 0 Å². The summed E-state index contributed by atoms with van der Waals surface area (Å²) in [7, 11) is 0. The van der Waals surface area contributed by atoms with Gasteiger partial charge in [-0.1, -0.05) is 24.6 Å². The third-order valence-electron chi connectivity index (χ3n) is 4.00. The van der Waals surface area contributed by atoms with Crippen molar-refractivity contribution < 1.29 is 5.11 Å². The van der Waals surface area contributed by atoms with E-state index >= 15 is 0 Å². The van der Waals surface area contributed by atoms with Crippen LogP contribution in [0.1, 0.15) is 25.0 Å². The molecule has 5 nitrogen and oxygen atoms in total. The summed E-state index contributed by atoms with van der Waals surface area (Å²) in [6.45, 7) is 0.177. The lowest BCUT2D eigenvalue weighted by atomic mass is 10.0. The fourth-order valence-corrected chi connectivity index (χ4v) is 2.91. The SMILES string of the molecule is N#Cc1nnc2ccccc2c1NC1CCCC1CO. The number of hydrogen-bond acceptors (Lipinski definition) is 5. The maximum absolute atomic E-state index is 9.42. The lowest BCUT2D eigenvalue weighted by Crippen LogP contribution is -2.27. The molecule has 0 radical (unpaired) electrons. The third-order valence-corrected chi connectivity index (χ3v) is 4.00. The first kappa shape index (κ1) is 12.8. The van der Waals surface area contributed by atoms with Crippen LogP contribution in [-0.4, -0.2) is 28.0 Å². The molecular formula is C15H16N4O. The predicted octanol–water partition coefficient (Wildman–Crippen LogP) is 2.07. The molecule has 2 unspecified atom stereocenters. The highest BCUT2D eigenvalue weighted by atomic mass is 16.3. The maximum Gasteiger partial charge on any atom is 0.186 e. The van der Waals surface area contributed by atoms with Crippen molar-refractivity contribution in [2.45, 2.75) is 25.3 Å². The zero-order chi connectivity index (χ0) is 13.9. The molecule has 1 aliphatic carbocycles. The minimum Gasteiger partial charge on any atom is -0.396 e. The molecule has 0 spiro atoms. The zero-order valence-corrected chi connectivity index (χ0v) is 11.1. The molecule has 2 aromatic rings. The summed E-state index contributed by atoms with van der Waals surface area (Å²) in [6, 6.07) is 9.94. The van der Waals surface area contributed by atoms with Crippen LogP contribution in [0.3, 0.4) is 0 Å². The van der Waals surface area contributed by atoms with Gasteiger partial charge in [0.1, 0.15) is 6.07 Å². The molecular weight excluding hydrogens is 252 g/mol. The van der Waals surface area contributed by atoms with Gasteiger partial charge in [0, 0.05) is 24.0 Å². The highest BCUT2D eigenvalue weighted by Crippen LogP contribution is 2.31. The van der Waals surface area contributed by atoms with Gasteiger partial charge in [-0.15, -0.1) is 10.2 Å². The number of nitriles is 1. The summed E-state index contributed by atoms with van der Waals surface area (Å²) in [5, 5.41) is 31.0. The first-order valence-electron chi connectivity index (χ1n) is 6.86. The van der Waals surface area contributed by atoms with E-state index in [0.717, 1.165) is 35.9 Å². The molecule has 1 saturated carbocycles. The molecule has 0 amide bonds. The summed E-state index contributed by atoms with van der Waals surface area (Å²) in [6.07, 6.45) is 3.13. The number of nitrogens with zero attached hydrogens (tertiary/aromatic N) is 3. The number of hydrogen-bond donors (Lipinski definition) is 2. The Labute approximate surface area is 117 Å². The molecule has 0 aliphatic heterocycles. The van der Waals surface area contributed by atoms with E-state index in [4.69, 9.17) is 0 Å². The third kappa shape index (κ3) is 2.19. The molecule has 1 heterocycles. The normalized spacial score (nSPS) is 21.8. The Morgan fingerprint density at radius 1 is 1.30 bits per heavy atom. The Kier molecular flexibility index (Phi) is 3.48. The number of nitrogens with one attached hydrogen (secondary N) is 1. The van der Waals surface area contributed by atoms with E-state index in [1.807, 2.05) is 24.3 Å². The summed E-state index contributed by atoms with van der Waals surface area (Å²) in [4.78, 5) is 0. The molecule has 20 heavy (non-hydrogen) atoms. The highest BCUT2D eigenvalue weighted by molar-refractivity contribution is 5.92. The quantitative estimate of drug-likeness (QED) is 0.890. The molecule has 1 aromatic carbocycles. The largest absolute Gasteiger partial charge is 0.396 e. The van der Waals surface area contributed by atoms with Crippen molar-refractivity contribution in [1.82, 2.24) is 10.2 Å². The summed E-state index contributed by atoms with van der Waals surface area (Å²) in [5.74, 6) is 0.244. The molecule has 1 aliphatic rings. The summed E-state index contributed by atoms with van der Waals surface area (Å²) >= 11 is 0. The lowest BCUT2D eigenvalue weighted by molar-refractivity contribution is 0.222. The number of anilines is 1. The van der Waals surface area contributed by atoms with Gasteiger partial charge >= 0.3 is 0 Å². The van der Waals surface area contributed by atoms with E-state index in [0.29, 0.717) is 5.69 Å².